The molecular weight excluding hydrogens is 490 g/mol. The summed E-state index contributed by atoms with van der Waals surface area (Å²) in [4.78, 5) is 21.7. The van der Waals surface area contributed by atoms with Gasteiger partial charge in [0.1, 0.15) is 34.8 Å². The van der Waals surface area contributed by atoms with Gasteiger partial charge in [-0.15, -0.1) is 0 Å². The van der Waals surface area contributed by atoms with Crippen LogP contribution in [0.25, 0.3) is 6.08 Å². The van der Waals surface area contributed by atoms with E-state index >= 15 is 0 Å². The molecule has 1 aromatic carbocycles. The van der Waals surface area contributed by atoms with Crippen molar-refractivity contribution in [2.24, 2.45) is 10.9 Å². The van der Waals surface area contributed by atoms with Crippen molar-refractivity contribution in [2.45, 2.75) is 32.0 Å². The summed E-state index contributed by atoms with van der Waals surface area (Å²) in [6.45, 7) is 2.10. The van der Waals surface area contributed by atoms with Crippen LogP contribution in [0.5, 0.6) is 5.75 Å². The van der Waals surface area contributed by atoms with Crippen molar-refractivity contribution in [1.82, 2.24) is 10.3 Å². The largest absolute Gasteiger partial charge is 0.488 e. The second kappa shape index (κ2) is 14.0. The van der Waals surface area contributed by atoms with Crippen molar-refractivity contribution in [1.29, 1.82) is 5.26 Å². The Labute approximate surface area is 201 Å². The van der Waals surface area contributed by atoms with Gasteiger partial charge in [-0.2, -0.15) is 5.26 Å². The zero-order valence-corrected chi connectivity index (χ0v) is 19.7. The van der Waals surface area contributed by atoms with Gasteiger partial charge in [-0.05, 0) is 58.3 Å². The third kappa shape index (κ3) is 9.41. The van der Waals surface area contributed by atoms with Crippen molar-refractivity contribution >= 4 is 34.1 Å². The molecule has 1 amide bonds. The van der Waals surface area contributed by atoms with E-state index in [0.29, 0.717) is 22.5 Å². The van der Waals surface area contributed by atoms with Crippen LogP contribution in [0, 0.1) is 11.3 Å². The number of oxime groups is 1. The first-order valence-electron chi connectivity index (χ1n) is 10.3. The number of benzene rings is 1. The lowest BCUT2D eigenvalue weighted by molar-refractivity contribution is -0.117. The van der Waals surface area contributed by atoms with Crippen LogP contribution in [-0.4, -0.2) is 41.7 Å². The van der Waals surface area contributed by atoms with E-state index in [0.717, 1.165) is 12.0 Å². The number of carbonyl (C=O) groups is 1. The molecule has 174 valence electrons. The van der Waals surface area contributed by atoms with Crippen LogP contribution >= 0.6 is 15.9 Å². The van der Waals surface area contributed by atoms with Gasteiger partial charge in [0, 0.05) is 0 Å². The standard InChI is InChI=1S/C23H26BrN5O4/c1-2-4-20(29-23(31)17(14-25)13-18-5-3-6-21(24)28-18)16-7-9-19(10-8-16)32-12-11-27-33-15-22(26)30/h3,5-11,13,20,22,30H,2,4,12,15,26H2,1H3,(H,29,31)/b17-13+,27-11+. The Hall–Kier alpha value is -3.26. The summed E-state index contributed by atoms with van der Waals surface area (Å²) in [5.41, 5.74) is 6.51. The van der Waals surface area contributed by atoms with E-state index in [-0.39, 0.29) is 24.8 Å². The highest BCUT2D eigenvalue weighted by Gasteiger charge is 2.17. The number of nitrogens with one attached hydrogen (secondary N) is 1. The second-order valence-electron chi connectivity index (χ2n) is 6.90. The topological polar surface area (TPSA) is 143 Å². The van der Waals surface area contributed by atoms with Gasteiger partial charge in [0.2, 0.25) is 0 Å². The Morgan fingerprint density at radius 1 is 1.36 bits per heavy atom. The van der Waals surface area contributed by atoms with E-state index in [2.05, 4.69) is 31.4 Å². The molecule has 9 nitrogen and oxygen atoms in total. The number of rotatable bonds is 12. The van der Waals surface area contributed by atoms with Crippen LogP contribution < -0.4 is 15.8 Å². The molecule has 0 aliphatic heterocycles. The van der Waals surface area contributed by atoms with Gasteiger partial charge < -0.3 is 25.7 Å². The number of halogens is 1. The maximum atomic E-state index is 12.7. The number of aliphatic hydroxyl groups is 1. The average molecular weight is 516 g/mol. The van der Waals surface area contributed by atoms with Crippen molar-refractivity contribution in [2.75, 3.05) is 13.2 Å². The molecule has 4 N–H and O–H groups in total. The first kappa shape index (κ1) is 26.0. The van der Waals surface area contributed by atoms with Crippen LogP contribution in [0.3, 0.4) is 0 Å². The molecule has 0 spiro atoms. The molecule has 2 atom stereocenters. The van der Waals surface area contributed by atoms with Crippen molar-refractivity contribution in [3.63, 3.8) is 0 Å². The number of aromatic nitrogens is 1. The Bertz CT molecular complexity index is 1000. The van der Waals surface area contributed by atoms with Gasteiger partial charge in [-0.1, -0.05) is 36.7 Å². The number of aliphatic hydroxyl groups excluding tert-OH is 1. The van der Waals surface area contributed by atoms with E-state index in [1.165, 1.54) is 12.3 Å². The average Bonchev–Trinajstić information content (AvgIpc) is 2.79. The van der Waals surface area contributed by atoms with E-state index in [1.54, 1.807) is 30.3 Å². The lowest BCUT2D eigenvalue weighted by atomic mass is 10.0. The van der Waals surface area contributed by atoms with Gasteiger partial charge in [-0.25, -0.2) is 4.98 Å². The fraction of sp³-hybridized carbons (Fsp3) is 0.304. The molecule has 2 unspecified atom stereocenters. The summed E-state index contributed by atoms with van der Waals surface area (Å²) >= 11 is 3.28. The smallest absolute Gasteiger partial charge is 0.262 e. The van der Waals surface area contributed by atoms with Gasteiger partial charge in [0.25, 0.3) is 5.91 Å². The molecule has 2 rings (SSSR count). The van der Waals surface area contributed by atoms with E-state index < -0.39 is 12.1 Å². The molecule has 0 aliphatic carbocycles. The number of nitrogens with two attached hydrogens (primary N) is 1. The fourth-order valence-electron chi connectivity index (χ4n) is 2.78. The Kier molecular flexibility index (Phi) is 11.0. The zero-order chi connectivity index (χ0) is 24.1. The Balaban J connectivity index is 2.01. The minimum atomic E-state index is -1.08. The predicted molar refractivity (Wildman–Crippen MR) is 128 cm³/mol. The quantitative estimate of drug-likeness (QED) is 0.0983. The van der Waals surface area contributed by atoms with Crippen LogP contribution in [-0.2, 0) is 9.63 Å². The molecule has 0 aliphatic rings. The highest BCUT2D eigenvalue weighted by atomic mass is 79.9. The normalized spacial score (nSPS) is 13.2. The molecule has 1 aromatic heterocycles. The van der Waals surface area contributed by atoms with E-state index in [4.69, 9.17) is 20.4 Å². The van der Waals surface area contributed by atoms with Crippen LogP contribution in [0.15, 0.2) is 57.8 Å². The molecule has 2 aromatic rings. The molecule has 10 heteroatoms. The molecule has 1 heterocycles. The number of ether oxygens (including phenoxy) is 1. The number of nitriles is 1. The predicted octanol–water partition coefficient (Wildman–Crippen LogP) is 3.07. The summed E-state index contributed by atoms with van der Waals surface area (Å²) in [7, 11) is 0. The zero-order valence-electron chi connectivity index (χ0n) is 18.1. The summed E-state index contributed by atoms with van der Waals surface area (Å²) in [6, 6.07) is 14.2. The summed E-state index contributed by atoms with van der Waals surface area (Å²) in [5.74, 6) is 0.154. The Morgan fingerprint density at radius 3 is 2.76 bits per heavy atom. The monoisotopic (exact) mass is 515 g/mol. The molecule has 0 saturated heterocycles. The third-order valence-corrected chi connectivity index (χ3v) is 4.72. The molecule has 0 saturated carbocycles. The Morgan fingerprint density at radius 2 is 2.12 bits per heavy atom. The van der Waals surface area contributed by atoms with Gasteiger partial charge >= 0.3 is 0 Å². The fourth-order valence-corrected chi connectivity index (χ4v) is 3.14. The van der Waals surface area contributed by atoms with Gasteiger partial charge in [0.05, 0.1) is 18.0 Å². The van der Waals surface area contributed by atoms with Gasteiger partial charge in [0.15, 0.2) is 6.61 Å². The highest BCUT2D eigenvalue weighted by molar-refractivity contribution is 9.10. The molecule has 0 radical (unpaired) electrons. The van der Waals surface area contributed by atoms with Gasteiger partial charge in [-0.3, -0.25) is 4.79 Å². The number of hydrogen-bond acceptors (Lipinski definition) is 8. The number of carbonyl (C=O) groups excluding carboxylic acids is 1. The number of hydrogen-bond donors (Lipinski definition) is 3. The van der Waals surface area contributed by atoms with Crippen LogP contribution in [0.4, 0.5) is 0 Å². The van der Waals surface area contributed by atoms with E-state index in [1.807, 2.05) is 25.1 Å². The summed E-state index contributed by atoms with van der Waals surface area (Å²) in [6.07, 6.45) is 3.34. The highest BCUT2D eigenvalue weighted by Crippen LogP contribution is 2.22. The SMILES string of the molecule is CCCC(NC(=O)/C(C#N)=C/c1cccc(Br)n1)c1ccc(OC/C=N/OCC(N)O)cc1. The number of pyridine rings is 1. The summed E-state index contributed by atoms with van der Waals surface area (Å²) < 4.78 is 6.17. The van der Waals surface area contributed by atoms with Crippen molar-refractivity contribution < 1.29 is 19.5 Å². The van der Waals surface area contributed by atoms with Crippen molar-refractivity contribution in [3.05, 3.63) is 63.9 Å². The molecule has 0 fully saturated rings. The van der Waals surface area contributed by atoms with Crippen LogP contribution in [0.2, 0.25) is 0 Å². The molecule has 0 bridgehead atoms. The maximum absolute atomic E-state index is 12.7. The lowest BCUT2D eigenvalue weighted by Gasteiger charge is -2.19. The minimum absolute atomic E-state index is 0.0229. The minimum Gasteiger partial charge on any atom is -0.488 e. The van der Waals surface area contributed by atoms with E-state index in [9.17, 15) is 10.1 Å². The summed E-state index contributed by atoms with van der Waals surface area (Å²) in [5, 5.41) is 24.9. The number of nitrogens with zero attached hydrogens (tertiary/aromatic N) is 3. The number of amides is 1. The third-order valence-electron chi connectivity index (χ3n) is 4.28. The first-order valence-corrected chi connectivity index (χ1v) is 11.1. The lowest BCUT2D eigenvalue weighted by Crippen LogP contribution is -2.29. The first-order chi connectivity index (χ1) is 15.9. The maximum Gasteiger partial charge on any atom is 0.262 e. The second-order valence-corrected chi connectivity index (χ2v) is 7.71. The molecule has 33 heavy (non-hydrogen) atoms. The van der Waals surface area contributed by atoms with Crippen molar-refractivity contribution in [3.8, 4) is 11.8 Å². The molecular formula is C23H26BrN5O4. The van der Waals surface area contributed by atoms with Crippen LogP contribution in [0.1, 0.15) is 37.1 Å².